The van der Waals surface area contributed by atoms with Crippen molar-refractivity contribution in [2.24, 2.45) is 0 Å². The number of aromatic amines is 1. The number of ether oxygens (including phenoxy) is 1. The van der Waals surface area contributed by atoms with Gasteiger partial charge in [-0.1, -0.05) is 30.3 Å². The van der Waals surface area contributed by atoms with Gasteiger partial charge in [-0.2, -0.15) is 0 Å². The lowest BCUT2D eigenvalue weighted by Gasteiger charge is -2.32. The molecule has 1 aliphatic heterocycles. The fourth-order valence-electron chi connectivity index (χ4n) is 3.53. The summed E-state index contributed by atoms with van der Waals surface area (Å²) in [5.41, 5.74) is 2.71. The van der Waals surface area contributed by atoms with Crippen LogP contribution in [-0.4, -0.2) is 41.3 Å². The number of rotatable bonds is 3. The Hall–Kier alpha value is -2.99. The third-order valence-corrected chi connectivity index (χ3v) is 4.91. The number of nitrogens with zero attached hydrogens (tertiary/aromatic N) is 1. The number of aryl methyl sites for hydroxylation is 1. The number of benzene rings is 2. The van der Waals surface area contributed by atoms with E-state index in [4.69, 9.17) is 4.74 Å². The van der Waals surface area contributed by atoms with Gasteiger partial charge in [-0.25, -0.2) is 4.39 Å². The number of fused-ring (bicyclic) bond motifs is 1. The molecule has 1 aliphatic rings. The van der Waals surface area contributed by atoms with Crippen molar-refractivity contribution in [2.45, 2.75) is 13.0 Å². The van der Waals surface area contributed by atoms with Gasteiger partial charge in [-0.15, -0.1) is 0 Å². The minimum atomic E-state index is -0.543. The van der Waals surface area contributed by atoms with E-state index in [2.05, 4.69) is 4.98 Å². The monoisotopic (exact) mass is 366 g/mol. The number of hydrogen-bond acceptors (Lipinski definition) is 3. The summed E-state index contributed by atoms with van der Waals surface area (Å²) in [6, 6.07) is 13.4. The lowest BCUT2D eigenvalue weighted by Crippen LogP contribution is -2.45. The van der Waals surface area contributed by atoms with Gasteiger partial charge in [-0.05, 0) is 30.7 Å². The molecular formula is C21H19FN2O3. The van der Waals surface area contributed by atoms with Crippen molar-refractivity contribution < 1.29 is 18.7 Å². The molecule has 0 spiro atoms. The number of ketones is 1. The Balaban J connectivity index is 1.57. The Morgan fingerprint density at radius 1 is 1.15 bits per heavy atom. The van der Waals surface area contributed by atoms with Crippen molar-refractivity contribution in [3.63, 3.8) is 0 Å². The van der Waals surface area contributed by atoms with E-state index in [0.717, 1.165) is 16.5 Å². The summed E-state index contributed by atoms with van der Waals surface area (Å²) in [6.07, 6.45) is -0.375. The number of nitrogens with one attached hydrogen (secondary N) is 1. The second kappa shape index (κ2) is 6.96. The Bertz CT molecular complexity index is 1010. The van der Waals surface area contributed by atoms with Crippen LogP contribution in [0, 0.1) is 12.7 Å². The van der Waals surface area contributed by atoms with Gasteiger partial charge in [0.1, 0.15) is 11.9 Å². The Morgan fingerprint density at radius 2 is 1.89 bits per heavy atom. The molecule has 3 aromatic rings. The number of morpholine rings is 1. The quantitative estimate of drug-likeness (QED) is 0.571. The summed E-state index contributed by atoms with van der Waals surface area (Å²) in [5.74, 6) is -1.39. The molecule has 0 saturated carbocycles. The minimum absolute atomic E-state index is 0.262. The number of aromatic nitrogens is 1. The van der Waals surface area contributed by atoms with Gasteiger partial charge in [0.2, 0.25) is 0 Å². The number of Topliss-reactive ketones (excluding diaryl/α,β-unsaturated/α-hetero) is 1. The van der Waals surface area contributed by atoms with Crippen LogP contribution in [0.25, 0.3) is 10.9 Å². The number of carbonyl (C=O) groups excluding carboxylic acids is 2. The molecule has 0 radical (unpaired) electrons. The molecular weight excluding hydrogens is 347 g/mol. The van der Waals surface area contributed by atoms with Crippen molar-refractivity contribution in [3.8, 4) is 0 Å². The molecule has 138 valence electrons. The summed E-state index contributed by atoms with van der Waals surface area (Å²) in [4.78, 5) is 30.5. The highest BCUT2D eigenvalue weighted by Gasteiger charge is 2.31. The molecule has 0 bridgehead atoms. The van der Waals surface area contributed by atoms with Crippen LogP contribution in [0.4, 0.5) is 4.39 Å². The molecule has 1 fully saturated rings. The molecule has 2 aromatic carbocycles. The molecule has 1 unspecified atom stereocenters. The van der Waals surface area contributed by atoms with Crippen LogP contribution in [0.2, 0.25) is 0 Å². The third kappa shape index (κ3) is 3.24. The SMILES string of the molecule is Cc1[nH]c2ccccc2c1C(=O)C(=O)N1CCOC(c2ccc(F)cc2)C1. The van der Waals surface area contributed by atoms with Gasteiger partial charge < -0.3 is 14.6 Å². The second-order valence-corrected chi connectivity index (χ2v) is 6.66. The number of amides is 1. The second-order valence-electron chi connectivity index (χ2n) is 6.66. The predicted octanol–water partition coefficient (Wildman–Crippen LogP) is 3.40. The Labute approximate surface area is 155 Å². The van der Waals surface area contributed by atoms with E-state index in [9.17, 15) is 14.0 Å². The number of carbonyl (C=O) groups is 2. The van der Waals surface area contributed by atoms with E-state index in [1.807, 2.05) is 24.3 Å². The summed E-state index contributed by atoms with van der Waals surface area (Å²) in [7, 11) is 0. The van der Waals surface area contributed by atoms with E-state index >= 15 is 0 Å². The summed E-state index contributed by atoms with van der Waals surface area (Å²) >= 11 is 0. The lowest BCUT2D eigenvalue weighted by molar-refractivity contribution is -0.134. The number of para-hydroxylation sites is 1. The number of halogens is 1. The standard InChI is InChI=1S/C21H19FN2O3/c1-13-19(16-4-2-3-5-17(16)23-13)20(25)21(26)24-10-11-27-18(12-24)14-6-8-15(22)9-7-14/h2-9,18,23H,10-12H2,1H3. The average Bonchev–Trinajstić information content (AvgIpc) is 3.03. The predicted molar refractivity (Wildman–Crippen MR) is 99.0 cm³/mol. The van der Waals surface area contributed by atoms with Gasteiger partial charge in [-0.3, -0.25) is 9.59 Å². The van der Waals surface area contributed by atoms with Gasteiger partial charge >= 0.3 is 0 Å². The fraction of sp³-hybridized carbons (Fsp3) is 0.238. The zero-order valence-corrected chi connectivity index (χ0v) is 14.9. The van der Waals surface area contributed by atoms with Crippen LogP contribution in [-0.2, 0) is 9.53 Å². The number of hydrogen-bond donors (Lipinski definition) is 1. The zero-order valence-electron chi connectivity index (χ0n) is 14.9. The third-order valence-electron chi connectivity index (χ3n) is 4.91. The molecule has 0 aliphatic carbocycles. The van der Waals surface area contributed by atoms with Crippen molar-refractivity contribution in [2.75, 3.05) is 19.7 Å². The van der Waals surface area contributed by atoms with Crippen molar-refractivity contribution in [1.29, 1.82) is 0 Å². The van der Waals surface area contributed by atoms with Crippen molar-refractivity contribution in [1.82, 2.24) is 9.88 Å². The van der Waals surface area contributed by atoms with Crippen molar-refractivity contribution >= 4 is 22.6 Å². The van der Waals surface area contributed by atoms with Crippen LogP contribution in [0.3, 0.4) is 0 Å². The summed E-state index contributed by atoms with van der Waals surface area (Å²) in [6.45, 7) is 2.73. The highest BCUT2D eigenvalue weighted by atomic mass is 19.1. The first-order valence-corrected chi connectivity index (χ1v) is 8.82. The maximum absolute atomic E-state index is 13.1. The maximum Gasteiger partial charge on any atom is 0.295 e. The first-order valence-electron chi connectivity index (χ1n) is 8.82. The van der Waals surface area contributed by atoms with Gasteiger partial charge in [0.25, 0.3) is 11.7 Å². The molecule has 1 amide bonds. The Morgan fingerprint density at radius 3 is 2.67 bits per heavy atom. The molecule has 1 aromatic heterocycles. The average molecular weight is 366 g/mol. The zero-order chi connectivity index (χ0) is 19.0. The van der Waals surface area contributed by atoms with E-state index < -0.39 is 11.7 Å². The van der Waals surface area contributed by atoms with Crippen LogP contribution < -0.4 is 0 Å². The van der Waals surface area contributed by atoms with E-state index in [-0.39, 0.29) is 18.5 Å². The highest BCUT2D eigenvalue weighted by Crippen LogP contribution is 2.26. The number of H-pyrrole nitrogens is 1. The van der Waals surface area contributed by atoms with Crippen LogP contribution in [0.5, 0.6) is 0 Å². The largest absolute Gasteiger partial charge is 0.370 e. The molecule has 1 atom stereocenters. The molecule has 5 nitrogen and oxygen atoms in total. The molecule has 2 heterocycles. The highest BCUT2D eigenvalue weighted by molar-refractivity contribution is 6.45. The maximum atomic E-state index is 13.1. The topological polar surface area (TPSA) is 62.4 Å². The van der Waals surface area contributed by atoms with Gasteiger partial charge in [0.05, 0.1) is 18.7 Å². The Kier molecular flexibility index (Phi) is 4.49. The molecule has 4 rings (SSSR count). The van der Waals surface area contributed by atoms with Gasteiger partial charge in [0.15, 0.2) is 0 Å². The van der Waals surface area contributed by atoms with Crippen LogP contribution in [0.15, 0.2) is 48.5 Å². The fourth-order valence-corrected chi connectivity index (χ4v) is 3.53. The van der Waals surface area contributed by atoms with E-state index in [0.29, 0.717) is 24.4 Å². The smallest absolute Gasteiger partial charge is 0.295 e. The van der Waals surface area contributed by atoms with E-state index in [1.165, 1.54) is 17.0 Å². The summed E-state index contributed by atoms with van der Waals surface area (Å²) < 4.78 is 18.8. The normalized spacial score (nSPS) is 17.3. The van der Waals surface area contributed by atoms with Gasteiger partial charge in [0, 0.05) is 23.1 Å². The first-order chi connectivity index (χ1) is 13.0. The molecule has 6 heteroatoms. The molecule has 27 heavy (non-hydrogen) atoms. The van der Waals surface area contributed by atoms with Crippen molar-refractivity contribution in [3.05, 3.63) is 71.2 Å². The molecule has 1 saturated heterocycles. The molecule has 1 N–H and O–H groups in total. The van der Waals surface area contributed by atoms with E-state index in [1.54, 1.807) is 19.1 Å². The van der Waals surface area contributed by atoms with Crippen LogP contribution >= 0.6 is 0 Å². The minimum Gasteiger partial charge on any atom is -0.370 e. The summed E-state index contributed by atoms with van der Waals surface area (Å²) in [5, 5.41) is 0.747. The first kappa shape index (κ1) is 17.4. The lowest BCUT2D eigenvalue weighted by atomic mass is 10.0. The van der Waals surface area contributed by atoms with Crippen LogP contribution in [0.1, 0.15) is 27.7 Å².